The third-order valence-electron chi connectivity index (χ3n) is 5.32. The van der Waals surface area contributed by atoms with E-state index in [0.717, 1.165) is 5.69 Å². The second-order valence-corrected chi connectivity index (χ2v) is 12.9. The zero-order chi connectivity index (χ0) is 20.2. The zero-order valence-corrected chi connectivity index (χ0v) is 18.0. The quantitative estimate of drug-likeness (QED) is 0.686. The SMILES string of the molecule is COc1ccccc1C(C(=O)O)n1cncc1CCO[Si](C)(C)C(C)(C)C. The average molecular weight is 391 g/mol. The summed E-state index contributed by atoms with van der Waals surface area (Å²) in [5.74, 6) is -0.411. The van der Waals surface area contributed by atoms with Gasteiger partial charge in [0, 0.05) is 30.5 Å². The number of nitrogens with zero attached hydrogens (tertiary/aromatic N) is 2. The molecule has 7 heteroatoms. The van der Waals surface area contributed by atoms with Crippen molar-refractivity contribution in [1.29, 1.82) is 0 Å². The molecule has 0 bridgehead atoms. The Morgan fingerprint density at radius 3 is 2.56 bits per heavy atom. The number of carboxylic acid groups (broad SMARTS) is 1. The van der Waals surface area contributed by atoms with E-state index in [0.29, 0.717) is 24.3 Å². The lowest BCUT2D eigenvalue weighted by molar-refractivity contribution is -0.139. The Kier molecular flexibility index (Phi) is 6.49. The molecule has 0 amide bonds. The van der Waals surface area contributed by atoms with Crippen molar-refractivity contribution in [2.24, 2.45) is 0 Å². The summed E-state index contributed by atoms with van der Waals surface area (Å²) in [6, 6.07) is 6.27. The molecule has 0 fully saturated rings. The summed E-state index contributed by atoms with van der Waals surface area (Å²) in [7, 11) is -0.308. The van der Waals surface area contributed by atoms with Crippen molar-refractivity contribution in [2.75, 3.05) is 13.7 Å². The molecule has 0 spiro atoms. The Morgan fingerprint density at radius 2 is 1.96 bits per heavy atom. The molecule has 0 aliphatic heterocycles. The minimum absolute atomic E-state index is 0.133. The molecule has 6 nitrogen and oxygen atoms in total. The summed E-state index contributed by atoms with van der Waals surface area (Å²) in [6.45, 7) is 11.6. The topological polar surface area (TPSA) is 73.6 Å². The molecule has 148 valence electrons. The first kappa shape index (κ1) is 21.2. The van der Waals surface area contributed by atoms with Gasteiger partial charge in [0.2, 0.25) is 0 Å². The second-order valence-electron chi connectivity index (χ2n) is 8.13. The molecule has 1 aromatic heterocycles. The maximum absolute atomic E-state index is 12.1. The van der Waals surface area contributed by atoms with Gasteiger partial charge >= 0.3 is 5.97 Å². The molecular formula is C20H30N2O4Si. The molecule has 0 aliphatic carbocycles. The van der Waals surface area contributed by atoms with E-state index in [1.165, 1.54) is 0 Å². The number of aliphatic carboxylic acids is 1. The van der Waals surface area contributed by atoms with Crippen molar-refractivity contribution in [1.82, 2.24) is 9.55 Å². The van der Waals surface area contributed by atoms with Crippen molar-refractivity contribution in [2.45, 2.75) is 51.4 Å². The largest absolute Gasteiger partial charge is 0.496 e. The predicted octanol–water partition coefficient (Wildman–Crippen LogP) is 4.13. The Balaban J connectivity index is 2.24. The smallest absolute Gasteiger partial charge is 0.331 e. The molecular weight excluding hydrogens is 360 g/mol. The lowest BCUT2D eigenvalue weighted by atomic mass is 10.1. The van der Waals surface area contributed by atoms with Crippen molar-refractivity contribution < 1.29 is 19.1 Å². The number of benzene rings is 1. The van der Waals surface area contributed by atoms with Gasteiger partial charge in [0.25, 0.3) is 0 Å². The fourth-order valence-corrected chi connectivity index (χ4v) is 3.72. The number of methoxy groups -OCH3 is 1. The molecule has 1 N–H and O–H groups in total. The van der Waals surface area contributed by atoms with Crippen LogP contribution < -0.4 is 4.74 Å². The molecule has 2 aromatic rings. The molecule has 1 heterocycles. The van der Waals surface area contributed by atoms with Crippen molar-refractivity contribution in [3.8, 4) is 5.75 Å². The van der Waals surface area contributed by atoms with Crippen LogP contribution in [0.15, 0.2) is 36.8 Å². The first-order valence-electron chi connectivity index (χ1n) is 9.09. The van der Waals surface area contributed by atoms with Gasteiger partial charge < -0.3 is 18.8 Å². The summed E-state index contributed by atoms with van der Waals surface area (Å²) in [5.41, 5.74) is 1.42. The number of hydrogen-bond acceptors (Lipinski definition) is 4. The third kappa shape index (κ3) is 4.78. The number of imidazole rings is 1. The van der Waals surface area contributed by atoms with E-state index in [-0.39, 0.29) is 5.04 Å². The molecule has 27 heavy (non-hydrogen) atoms. The molecule has 2 rings (SSSR count). The molecule has 0 saturated carbocycles. The third-order valence-corrected chi connectivity index (χ3v) is 9.86. The number of hydrogen-bond donors (Lipinski definition) is 1. The Hall–Kier alpha value is -2.12. The lowest BCUT2D eigenvalue weighted by Gasteiger charge is -2.36. The molecule has 0 aliphatic rings. The highest BCUT2D eigenvalue weighted by Gasteiger charge is 2.37. The number of aromatic nitrogens is 2. The monoisotopic (exact) mass is 390 g/mol. The van der Waals surface area contributed by atoms with E-state index in [1.807, 2.05) is 12.1 Å². The van der Waals surface area contributed by atoms with Crippen LogP contribution >= 0.6 is 0 Å². The van der Waals surface area contributed by atoms with Crippen LogP contribution in [0.5, 0.6) is 5.75 Å². The van der Waals surface area contributed by atoms with Gasteiger partial charge in [-0.25, -0.2) is 9.78 Å². The number of carboxylic acids is 1. The van der Waals surface area contributed by atoms with Crippen LogP contribution in [-0.2, 0) is 15.6 Å². The predicted molar refractivity (Wildman–Crippen MR) is 108 cm³/mol. The van der Waals surface area contributed by atoms with Gasteiger partial charge in [-0.1, -0.05) is 39.0 Å². The van der Waals surface area contributed by atoms with Crippen LogP contribution in [0.4, 0.5) is 0 Å². The van der Waals surface area contributed by atoms with Crippen LogP contribution in [-0.4, -0.2) is 42.7 Å². The number of carbonyl (C=O) groups is 1. The van der Waals surface area contributed by atoms with Crippen LogP contribution in [0.2, 0.25) is 18.1 Å². The number of para-hydroxylation sites is 1. The van der Waals surface area contributed by atoms with Gasteiger partial charge in [-0.3, -0.25) is 0 Å². The minimum atomic E-state index is -1.85. The van der Waals surface area contributed by atoms with Crippen molar-refractivity contribution in [3.63, 3.8) is 0 Å². The van der Waals surface area contributed by atoms with E-state index >= 15 is 0 Å². The summed E-state index contributed by atoms with van der Waals surface area (Å²) >= 11 is 0. The summed E-state index contributed by atoms with van der Waals surface area (Å²) in [6.07, 6.45) is 3.87. The molecule has 0 radical (unpaired) electrons. The molecule has 1 unspecified atom stereocenters. The highest BCUT2D eigenvalue weighted by Crippen LogP contribution is 2.36. The normalized spacial score (nSPS) is 13.4. The van der Waals surface area contributed by atoms with Gasteiger partial charge in [0.1, 0.15) is 5.75 Å². The summed E-state index contributed by atoms with van der Waals surface area (Å²) in [5, 5.41) is 10.0. The molecule has 1 aromatic carbocycles. The first-order valence-corrected chi connectivity index (χ1v) is 12.0. The molecule has 1 atom stereocenters. The Morgan fingerprint density at radius 1 is 1.30 bits per heavy atom. The fraction of sp³-hybridized carbons (Fsp3) is 0.500. The molecule has 0 saturated heterocycles. The maximum atomic E-state index is 12.1. The van der Waals surface area contributed by atoms with Gasteiger partial charge in [0.15, 0.2) is 14.4 Å². The van der Waals surface area contributed by atoms with E-state index in [4.69, 9.17) is 9.16 Å². The fourth-order valence-electron chi connectivity index (χ4n) is 2.68. The standard InChI is InChI=1S/C20H30N2O4Si/c1-20(2,3)27(5,6)26-12-11-15-13-21-14-22(15)18(19(23)24)16-9-7-8-10-17(16)25-4/h7-10,13-14,18H,11-12H2,1-6H3,(H,23,24). The van der Waals surface area contributed by atoms with E-state index in [2.05, 4.69) is 38.8 Å². The summed E-state index contributed by atoms with van der Waals surface area (Å²) in [4.78, 5) is 16.2. The van der Waals surface area contributed by atoms with Crippen LogP contribution in [0, 0.1) is 0 Å². The van der Waals surface area contributed by atoms with E-state index < -0.39 is 20.3 Å². The minimum Gasteiger partial charge on any atom is -0.496 e. The average Bonchev–Trinajstić information content (AvgIpc) is 3.02. The van der Waals surface area contributed by atoms with Gasteiger partial charge in [0.05, 0.1) is 13.4 Å². The van der Waals surface area contributed by atoms with Gasteiger partial charge in [-0.15, -0.1) is 0 Å². The first-order chi connectivity index (χ1) is 12.6. The highest BCUT2D eigenvalue weighted by molar-refractivity contribution is 6.74. The van der Waals surface area contributed by atoms with E-state index in [9.17, 15) is 9.90 Å². The Bertz CT molecular complexity index is 780. The van der Waals surface area contributed by atoms with Crippen molar-refractivity contribution >= 4 is 14.3 Å². The zero-order valence-electron chi connectivity index (χ0n) is 17.0. The lowest BCUT2D eigenvalue weighted by Crippen LogP contribution is -2.41. The Labute approximate surface area is 162 Å². The van der Waals surface area contributed by atoms with Crippen LogP contribution in [0.3, 0.4) is 0 Å². The van der Waals surface area contributed by atoms with Gasteiger partial charge in [-0.2, -0.15) is 0 Å². The van der Waals surface area contributed by atoms with E-state index in [1.54, 1.807) is 36.3 Å². The number of ether oxygens (including phenoxy) is 1. The number of rotatable bonds is 8. The second kappa shape index (κ2) is 8.27. The van der Waals surface area contributed by atoms with Crippen LogP contribution in [0.1, 0.15) is 38.1 Å². The highest BCUT2D eigenvalue weighted by atomic mass is 28.4. The van der Waals surface area contributed by atoms with Crippen molar-refractivity contribution in [3.05, 3.63) is 48.0 Å². The summed E-state index contributed by atoms with van der Waals surface area (Å²) < 4.78 is 13.3. The van der Waals surface area contributed by atoms with Crippen LogP contribution in [0.25, 0.3) is 0 Å². The maximum Gasteiger partial charge on any atom is 0.331 e. The van der Waals surface area contributed by atoms with Gasteiger partial charge in [-0.05, 0) is 24.2 Å².